The third-order valence-corrected chi connectivity index (χ3v) is 3.60. The number of ether oxygens (including phenoxy) is 1. The number of rotatable bonds is 2. The van der Waals surface area contributed by atoms with Crippen LogP contribution in [-0.4, -0.2) is 29.3 Å². The van der Waals surface area contributed by atoms with E-state index in [2.05, 4.69) is 16.8 Å². The van der Waals surface area contributed by atoms with Crippen molar-refractivity contribution < 1.29 is 4.74 Å². The summed E-state index contributed by atoms with van der Waals surface area (Å²) in [5.41, 5.74) is 1.97. The Morgan fingerprint density at radius 1 is 1.56 bits per heavy atom. The molecule has 0 bridgehead atoms. The van der Waals surface area contributed by atoms with Crippen LogP contribution in [0.15, 0.2) is 18.2 Å². The molecule has 1 aliphatic rings. The largest absolute Gasteiger partial charge is 0.378 e. The van der Waals surface area contributed by atoms with Crippen LogP contribution >= 0.6 is 11.6 Å². The van der Waals surface area contributed by atoms with Crippen molar-refractivity contribution in [1.82, 2.24) is 14.9 Å². The zero-order valence-electron chi connectivity index (χ0n) is 10.3. The Kier molecular flexibility index (Phi) is 3.24. The summed E-state index contributed by atoms with van der Waals surface area (Å²) in [5, 5.41) is 4.19. The van der Waals surface area contributed by atoms with Gasteiger partial charge in [0.2, 0.25) is 0 Å². The molecule has 1 aliphatic heterocycles. The maximum atomic E-state index is 6.28. The molecule has 0 spiro atoms. The third kappa shape index (κ3) is 1.90. The lowest BCUT2D eigenvalue weighted by Crippen LogP contribution is -2.36. The van der Waals surface area contributed by atoms with Crippen LogP contribution in [0.1, 0.15) is 18.8 Å². The molecule has 1 aromatic heterocycles. The van der Waals surface area contributed by atoms with Gasteiger partial charge in [-0.2, -0.15) is 0 Å². The number of benzene rings is 1. The van der Waals surface area contributed by atoms with E-state index in [1.54, 1.807) is 0 Å². The average molecular weight is 266 g/mol. The molecule has 0 radical (unpaired) electrons. The first-order valence-corrected chi connectivity index (χ1v) is 6.65. The highest BCUT2D eigenvalue weighted by Gasteiger charge is 2.22. The summed E-state index contributed by atoms with van der Waals surface area (Å²) >= 11 is 6.28. The fraction of sp³-hybridized carbons (Fsp3) is 0.462. The van der Waals surface area contributed by atoms with E-state index in [1.165, 1.54) is 0 Å². The minimum atomic E-state index is 0.155. The van der Waals surface area contributed by atoms with E-state index in [9.17, 15) is 0 Å². The molecular weight excluding hydrogens is 250 g/mol. The van der Waals surface area contributed by atoms with E-state index < -0.39 is 0 Å². The second-order valence-corrected chi connectivity index (χ2v) is 4.81. The van der Waals surface area contributed by atoms with Gasteiger partial charge in [-0.05, 0) is 19.1 Å². The molecule has 3 rings (SSSR count). The van der Waals surface area contributed by atoms with Crippen molar-refractivity contribution in [2.24, 2.45) is 0 Å². The van der Waals surface area contributed by atoms with Crippen LogP contribution in [0, 0.1) is 0 Å². The van der Waals surface area contributed by atoms with Crippen molar-refractivity contribution in [1.29, 1.82) is 0 Å². The van der Waals surface area contributed by atoms with Crippen molar-refractivity contribution in [3.63, 3.8) is 0 Å². The molecule has 0 amide bonds. The molecule has 5 heteroatoms. The van der Waals surface area contributed by atoms with Crippen LogP contribution in [0.25, 0.3) is 11.0 Å². The zero-order valence-corrected chi connectivity index (χ0v) is 11.1. The van der Waals surface area contributed by atoms with Crippen LogP contribution in [0.3, 0.4) is 0 Å². The van der Waals surface area contributed by atoms with Gasteiger partial charge in [0, 0.05) is 13.1 Å². The van der Waals surface area contributed by atoms with Gasteiger partial charge in [0.25, 0.3) is 0 Å². The van der Waals surface area contributed by atoms with E-state index in [4.69, 9.17) is 21.3 Å². The van der Waals surface area contributed by atoms with Crippen LogP contribution in [0.4, 0.5) is 0 Å². The summed E-state index contributed by atoms with van der Waals surface area (Å²) < 4.78 is 7.68. The number of halogens is 1. The third-order valence-electron chi connectivity index (χ3n) is 3.30. The first-order valence-electron chi connectivity index (χ1n) is 6.27. The minimum absolute atomic E-state index is 0.155. The van der Waals surface area contributed by atoms with Crippen molar-refractivity contribution >= 4 is 22.6 Å². The minimum Gasteiger partial charge on any atom is -0.378 e. The quantitative estimate of drug-likeness (QED) is 0.906. The standard InChI is InChI=1S/C13H16ClN3O/c1-2-17-12-9(14)4-3-5-10(12)16-13(17)11-8-18-7-6-15-11/h3-5,11,15H,2,6-8H2,1H3. The highest BCUT2D eigenvalue weighted by molar-refractivity contribution is 6.35. The molecule has 1 atom stereocenters. The maximum absolute atomic E-state index is 6.28. The normalized spacial score (nSPS) is 20.4. The second-order valence-electron chi connectivity index (χ2n) is 4.40. The van der Waals surface area contributed by atoms with E-state index in [-0.39, 0.29) is 6.04 Å². The second kappa shape index (κ2) is 4.88. The molecule has 1 N–H and O–H groups in total. The summed E-state index contributed by atoms with van der Waals surface area (Å²) in [5.74, 6) is 1.01. The highest BCUT2D eigenvalue weighted by atomic mass is 35.5. The van der Waals surface area contributed by atoms with Gasteiger partial charge in [-0.25, -0.2) is 4.98 Å². The van der Waals surface area contributed by atoms with E-state index in [0.717, 1.165) is 41.6 Å². The lowest BCUT2D eigenvalue weighted by Gasteiger charge is -2.24. The lowest BCUT2D eigenvalue weighted by molar-refractivity contribution is 0.0733. The topological polar surface area (TPSA) is 39.1 Å². The monoisotopic (exact) mass is 265 g/mol. The van der Waals surface area contributed by atoms with Gasteiger partial charge in [-0.1, -0.05) is 17.7 Å². The lowest BCUT2D eigenvalue weighted by atomic mass is 10.2. The first kappa shape index (κ1) is 12.0. The van der Waals surface area contributed by atoms with E-state index >= 15 is 0 Å². The number of morpholine rings is 1. The molecule has 0 aliphatic carbocycles. The Balaban J connectivity index is 2.13. The highest BCUT2D eigenvalue weighted by Crippen LogP contribution is 2.27. The van der Waals surface area contributed by atoms with Crippen molar-refractivity contribution in [3.8, 4) is 0 Å². The van der Waals surface area contributed by atoms with Gasteiger partial charge in [-0.3, -0.25) is 0 Å². The number of para-hydroxylation sites is 1. The molecule has 4 nitrogen and oxygen atoms in total. The number of fused-ring (bicyclic) bond motifs is 1. The number of aryl methyl sites for hydroxylation is 1. The van der Waals surface area contributed by atoms with E-state index in [0.29, 0.717) is 6.61 Å². The van der Waals surface area contributed by atoms with Crippen molar-refractivity contribution in [2.45, 2.75) is 19.5 Å². The fourth-order valence-electron chi connectivity index (χ4n) is 2.48. The molecular formula is C13H16ClN3O. The van der Waals surface area contributed by atoms with Gasteiger partial charge in [-0.15, -0.1) is 0 Å². The van der Waals surface area contributed by atoms with Gasteiger partial charge in [0.15, 0.2) is 0 Å². The predicted octanol–water partition coefficient (Wildman–Crippen LogP) is 2.37. The number of imidazole rings is 1. The number of hydrogen-bond acceptors (Lipinski definition) is 3. The number of hydrogen-bond donors (Lipinski definition) is 1. The van der Waals surface area contributed by atoms with Gasteiger partial charge in [0.05, 0.1) is 35.3 Å². The van der Waals surface area contributed by atoms with Crippen molar-refractivity contribution in [2.75, 3.05) is 19.8 Å². The summed E-state index contributed by atoms with van der Waals surface area (Å²) in [4.78, 5) is 4.70. The summed E-state index contributed by atoms with van der Waals surface area (Å²) in [6, 6.07) is 6.00. The Morgan fingerprint density at radius 2 is 2.44 bits per heavy atom. The number of nitrogens with one attached hydrogen (secondary N) is 1. The van der Waals surface area contributed by atoms with Crippen LogP contribution in [0.5, 0.6) is 0 Å². The molecule has 0 saturated carbocycles. The SMILES string of the molecule is CCn1c(C2COCCN2)nc2cccc(Cl)c21. The van der Waals surface area contributed by atoms with E-state index in [1.807, 2.05) is 18.2 Å². The molecule has 2 heterocycles. The summed E-state index contributed by atoms with van der Waals surface area (Å²) in [6.07, 6.45) is 0. The average Bonchev–Trinajstić information content (AvgIpc) is 2.79. The Hall–Kier alpha value is -1.10. The molecule has 1 saturated heterocycles. The number of nitrogens with zero attached hydrogens (tertiary/aromatic N) is 2. The Morgan fingerprint density at radius 3 is 3.17 bits per heavy atom. The first-order chi connectivity index (χ1) is 8.81. The summed E-state index contributed by atoms with van der Waals surface area (Å²) in [6.45, 7) is 5.27. The fourth-order valence-corrected chi connectivity index (χ4v) is 2.75. The van der Waals surface area contributed by atoms with Crippen LogP contribution in [-0.2, 0) is 11.3 Å². The van der Waals surface area contributed by atoms with Crippen molar-refractivity contribution in [3.05, 3.63) is 29.0 Å². The van der Waals surface area contributed by atoms with Gasteiger partial charge < -0.3 is 14.6 Å². The van der Waals surface area contributed by atoms with Gasteiger partial charge in [0.1, 0.15) is 5.82 Å². The number of aromatic nitrogens is 2. The Labute approximate surface area is 111 Å². The van der Waals surface area contributed by atoms with Gasteiger partial charge >= 0.3 is 0 Å². The predicted molar refractivity (Wildman–Crippen MR) is 72.0 cm³/mol. The molecule has 2 aromatic rings. The van der Waals surface area contributed by atoms with Crippen LogP contribution < -0.4 is 5.32 Å². The molecule has 1 unspecified atom stereocenters. The molecule has 1 fully saturated rings. The zero-order chi connectivity index (χ0) is 12.5. The molecule has 18 heavy (non-hydrogen) atoms. The maximum Gasteiger partial charge on any atom is 0.129 e. The molecule has 96 valence electrons. The molecule has 1 aromatic carbocycles. The summed E-state index contributed by atoms with van der Waals surface area (Å²) in [7, 11) is 0. The Bertz CT molecular complexity index is 561. The van der Waals surface area contributed by atoms with Crippen LogP contribution in [0.2, 0.25) is 5.02 Å². The smallest absolute Gasteiger partial charge is 0.129 e.